The topological polar surface area (TPSA) is 92.9 Å². The molecule has 0 aliphatic carbocycles. The van der Waals surface area contributed by atoms with E-state index in [1.54, 1.807) is 48.8 Å². The fourth-order valence-electron chi connectivity index (χ4n) is 3.65. The molecule has 1 aliphatic rings. The second-order valence-electron chi connectivity index (χ2n) is 7.49. The number of pyridine rings is 1. The third kappa shape index (κ3) is 4.06. The van der Waals surface area contributed by atoms with E-state index in [1.165, 1.54) is 4.90 Å². The monoisotopic (exact) mass is 440 g/mol. The van der Waals surface area contributed by atoms with Crippen molar-refractivity contribution in [2.45, 2.75) is 26.0 Å². The van der Waals surface area contributed by atoms with Gasteiger partial charge in [-0.3, -0.25) is 14.6 Å². The summed E-state index contributed by atoms with van der Waals surface area (Å²) in [7, 11) is 0. The van der Waals surface area contributed by atoms with E-state index in [0.717, 1.165) is 0 Å². The first-order chi connectivity index (χ1) is 14.9. The van der Waals surface area contributed by atoms with Crippen molar-refractivity contribution in [3.8, 4) is 0 Å². The van der Waals surface area contributed by atoms with Gasteiger partial charge in [0.1, 0.15) is 5.58 Å². The second-order valence-corrected chi connectivity index (χ2v) is 7.92. The van der Waals surface area contributed by atoms with Gasteiger partial charge in [-0.1, -0.05) is 11.6 Å². The largest absolute Gasteiger partial charge is 0.503 e. The zero-order chi connectivity index (χ0) is 22.1. The van der Waals surface area contributed by atoms with Crippen LogP contribution in [-0.2, 0) is 9.53 Å². The number of aromatic nitrogens is 1. The quantitative estimate of drug-likeness (QED) is 0.544. The Bertz CT molecular complexity index is 1170. The lowest BCUT2D eigenvalue weighted by Gasteiger charge is -2.26. The SMILES string of the molecule is CC(C)OCCN1C(=O)C(O)=C(C(=O)c2cc3cc(Cl)ccc3o2)C1c1ccncc1. The normalized spacial score (nSPS) is 16.7. The number of amides is 1. The van der Waals surface area contributed by atoms with Crippen molar-refractivity contribution in [2.24, 2.45) is 0 Å². The fraction of sp³-hybridized carbons (Fsp3) is 0.261. The molecule has 1 aromatic carbocycles. The molecule has 3 aromatic rings. The number of fused-ring (bicyclic) bond motifs is 1. The zero-order valence-corrected chi connectivity index (χ0v) is 17.8. The number of furan rings is 1. The van der Waals surface area contributed by atoms with Crippen molar-refractivity contribution in [1.29, 1.82) is 0 Å². The van der Waals surface area contributed by atoms with Gasteiger partial charge in [-0.05, 0) is 55.8 Å². The number of Topliss-reactive ketones (excluding diaryl/α,β-unsaturated/α-hetero) is 1. The maximum absolute atomic E-state index is 13.4. The van der Waals surface area contributed by atoms with Crippen LogP contribution in [0.4, 0.5) is 0 Å². The Morgan fingerprint density at radius 2 is 2.00 bits per heavy atom. The van der Waals surface area contributed by atoms with E-state index in [4.69, 9.17) is 20.8 Å². The number of halogens is 1. The van der Waals surface area contributed by atoms with Gasteiger partial charge in [0.25, 0.3) is 5.91 Å². The van der Waals surface area contributed by atoms with Gasteiger partial charge in [-0.2, -0.15) is 0 Å². The van der Waals surface area contributed by atoms with Crippen molar-refractivity contribution in [2.75, 3.05) is 13.2 Å². The summed E-state index contributed by atoms with van der Waals surface area (Å²) in [5.41, 5.74) is 1.10. The molecule has 0 spiro atoms. The molecule has 160 valence electrons. The molecule has 1 N–H and O–H groups in total. The van der Waals surface area contributed by atoms with Crippen LogP contribution in [0.25, 0.3) is 11.0 Å². The molecule has 0 fully saturated rings. The summed E-state index contributed by atoms with van der Waals surface area (Å²) in [6.07, 6.45) is 3.13. The molecule has 3 heterocycles. The highest BCUT2D eigenvalue weighted by atomic mass is 35.5. The fourth-order valence-corrected chi connectivity index (χ4v) is 3.83. The number of rotatable bonds is 7. The Kier molecular flexibility index (Phi) is 5.80. The molecule has 1 aliphatic heterocycles. The molecule has 0 saturated heterocycles. The van der Waals surface area contributed by atoms with Gasteiger partial charge in [-0.25, -0.2) is 0 Å². The van der Waals surface area contributed by atoms with Crippen LogP contribution in [0.3, 0.4) is 0 Å². The molecule has 0 bridgehead atoms. The molecule has 4 rings (SSSR count). The predicted octanol–water partition coefficient (Wildman–Crippen LogP) is 4.48. The highest BCUT2D eigenvalue weighted by molar-refractivity contribution is 6.31. The maximum atomic E-state index is 13.4. The van der Waals surface area contributed by atoms with Crippen LogP contribution in [0.2, 0.25) is 5.02 Å². The number of hydrogen-bond acceptors (Lipinski definition) is 6. The summed E-state index contributed by atoms with van der Waals surface area (Å²) < 4.78 is 11.3. The number of carbonyl (C=O) groups is 2. The minimum atomic E-state index is -0.782. The molecule has 1 atom stereocenters. The van der Waals surface area contributed by atoms with Crippen molar-refractivity contribution >= 4 is 34.3 Å². The number of benzene rings is 1. The van der Waals surface area contributed by atoms with Crippen LogP contribution in [0.5, 0.6) is 0 Å². The van der Waals surface area contributed by atoms with E-state index in [2.05, 4.69) is 4.98 Å². The first kappa shape index (κ1) is 21.1. The van der Waals surface area contributed by atoms with Gasteiger partial charge >= 0.3 is 0 Å². The van der Waals surface area contributed by atoms with Crippen LogP contribution in [0.15, 0.2) is 64.5 Å². The maximum Gasteiger partial charge on any atom is 0.290 e. The van der Waals surface area contributed by atoms with Crippen LogP contribution < -0.4 is 0 Å². The Morgan fingerprint density at radius 3 is 2.71 bits per heavy atom. The number of aliphatic hydroxyl groups is 1. The average Bonchev–Trinajstić information content (AvgIpc) is 3.27. The Balaban J connectivity index is 1.73. The van der Waals surface area contributed by atoms with E-state index in [9.17, 15) is 14.7 Å². The Morgan fingerprint density at radius 1 is 1.26 bits per heavy atom. The first-order valence-corrected chi connectivity index (χ1v) is 10.2. The number of ether oxygens (including phenoxy) is 1. The van der Waals surface area contributed by atoms with Gasteiger partial charge in [0.2, 0.25) is 5.78 Å². The van der Waals surface area contributed by atoms with Crippen LogP contribution in [0.1, 0.15) is 36.0 Å². The summed E-state index contributed by atoms with van der Waals surface area (Å²) in [5, 5.41) is 11.8. The minimum Gasteiger partial charge on any atom is -0.503 e. The molecule has 31 heavy (non-hydrogen) atoms. The lowest BCUT2D eigenvalue weighted by atomic mass is 9.96. The van der Waals surface area contributed by atoms with Crippen LogP contribution in [0, 0.1) is 0 Å². The lowest BCUT2D eigenvalue weighted by Crippen LogP contribution is -2.34. The van der Waals surface area contributed by atoms with Gasteiger partial charge in [0.15, 0.2) is 11.5 Å². The molecule has 0 saturated carbocycles. The van der Waals surface area contributed by atoms with E-state index < -0.39 is 23.5 Å². The molecule has 0 radical (unpaired) electrons. The van der Waals surface area contributed by atoms with Crippen LogP contribution in [-0.4, -0.2) is 45.9 Å². The van der Waals surface area contributed by atoms with Crippen LogP contribution >= 0.6 is 11.6 Å². The summed E-state index contributed by atoms with van der Waals surface area (Å²) >= 11 is 6.02. The van der Waals surface area contributed by atoms with E-state index in [1.807, 2.05) is 13.8 Å². The minimum absolute atomic E-state index is 0.0119. The van der Waals surface area contributed by atoms with Crippen molar-refractivity contribution < 1.29 is 23.8 Å². The van der Waals surface area contributed by atoms with Gasteiger partial charge in [0.05, 0.1) is 24.3 Å². The van der Waals surface area contributed by atoms with Gasteiger partial charge in [-0.15, -0.1) is 0 Å². The zero-order valence-electron chi connectivity index (χ0n) is 17.0. The van der Waals surface area contributed by atoms with Crippen molar-refractivity contribution in [3.63, 3.8) is 0 Å². The van der Waals surface area contributed by atoms with Gasteiger partial charge in [0, 0.05) is 29.3 Å². The van der Waals surface area contributed by atoms with Crippen molar-refractivity contribution in [1.82, 2.24) is 9.88 Å². The first-order valence-electron chi connectivity index (χ1n) is 9.86. The van der Waals surface area contributed by atoms with Crippen molar-refractivity contribution in [3.05, 3.63) is 76.5 Å². The third-order valence-electron chi connectivity index (χ3n) is 5.06. The average molecular weight is 441 g/mol. The summed E-state index contributed by atoms with van der Waals surface area (Å²) in [6.45, 7) is 4.26. The van der Waals surface area contributed by atoms with Gasteiger partial charge < -0.3 is 19.2 Å². The molecular weight excluding hydrogens is 420 g/mol. The van der Waals surface area contributed by atoms with E-state index in [-0.39, 0.29) is 30.6 Å². The summed E-state index contributed by atoms with van der Waals surface area (Å²) in [6, 6.07) is 9.20. The molecular formula is C23H21ClN2O5. The lowest BCUT2D eigenvalue weighted by molar-refractivity contribution is -0.130. The number of nitrogens with zero attached hydrogens (tertiary/aromatic N) is 2. The Hall–Kier alpha value is -3.16. The Labute approximate surface area is 183 Å². The van der Waals surface area contributed by atoms with E-state index >= 15 is 0 Å². The standard InChI is InChI=1S/C23H21ClN2O5/c1-13(2)30-10-9-26-20(14-5-7-25-8-6-14)19(22(28)23(26)29)21(27)18-12-15-11-16(24)3-4-17(15)31-18/h3-8,11-13,20,28H,9-10H2,1-2H3. The highest BCUT2D eigenvalue weighted by Crippen LogP contribution is 2.39. The summed E-state index contributed by atoms with van der Waals surface area (Å²) in [4.78, 5) is 31.7. The number of carbonyl (C=O) groups excluding carboxylic acids is 2. The third-order valence-corrected chi connectivity index (χ3v) is 5.29. The number of ketones is 1. The predicted molar refractivity (Wildman–Crippen MR) is 115 cm³/mol. The second kappa shape index (κ2) is 8.53. The molecule has 1 unspecified atom stereocenters. The van der Waals surface area contributed by atoms with E-state index in [0.29, 0.717) is 21.6 Å². The molecule has 7 nitrogen and oxygen atoms in total. The molecule has 1 amide bonds. The molecule has 8 heteroatoms. The smallest absolute Gasteiger partial charge is 0.290 e. The summed E-state index contributed by atoms with van der Waals surface area (Å²) in [5.74, 6) is -1.76. The highest BCUT2D eigenvalue weighted by Gasteiger charge is 2.44. The number of aliphatic hydroxyl groups excluding tert-OH is 1. The molecule has 2 aromatic heterocycles. The number of hydrogen-bond donors (Lipinski definition) is 1.